The van der Waals surface area contributed by atoms with Crippen LogP contribution in [0.4, 0.5) is 0 Å². The molecule has 12 nitrogen and oxygen atoms in total. The summed E-state index contributed by atoms with van der Waals surface area (Å²) in [6.45, 7) is 4.76. The Hall–Kier alpha value is -3.71. The van der Waals surface area contributed by atoms with Crippen LogP contribution >= 0.6 is 0 Å². The minimum Gasteiger partial charge on any atom is -0.377 e. The van der Waals surface area contributed by atoms with Gasteiger partial charge in [0, 0.05) is 29.7 Å². The Labute approximate surface area is 231 Å². The molecule has 0 bridgehead atoms. The highest BCUT2D eigenvalue weighted by atomic mass is 16.6. The fraction of sp³-hybridized carbons (Fsp3) is 0.464. The number of carbonyl (C=O) groups excluding carboxylic acids is 5. The highest BCUT2D eigenvalue weighted by Crippen LogP contribution is 2.38. The third-order valence-corrected chi connectivity index (χ3v) is 6.67. The molecule has 3 aliphatic rings. The summed E-state index contributed by atoms with van der Waals surface area (Å²) in [6.07, 6.45) is 6.03. The van der Waals surface area contributed by atoms with Crippen molar-refractivity contribution < 1.29 is 42.9 Å². The minimum absolute atomic E-state index is 0.0425. The van der Waals surface area contributed by atoms with E-state index in [0.717, 1.165) is 4.90 Å². The van der Waals surface area contributed by atoms with Crippen molar-refractivity contribution >= 4 is 41.7 Å². The summed E-state index contributed by atoms with van der Waals surface area (Å²) in [4.78, 5) is 62.4. The van der Waals surface area contributed by atoms with Gasteiger partial charge in [-0.15, -0.1) is 0 Å². The Morgan fingerprint density at radius 3 is 2.40 bits per heavy atom. The third-order valence-electron chi connectivity index (χ3n) is 6.67. The average Bonchev–Trinajstić information content (AvgIpc) is 3.08. The molecule has 1 aromatic carbocycles. The normalized spacial score (nSPS) is 22.0. The number of piperidine rings is 1. The van der Waals surface area contributed by atoms with E-state index in [1.54, 1.807) is 25.1 Å². The first-order chi connectivity index (χ1) is 19.3. The van der Waals surface area contributed by atoms with Crippen LogP contribution in [0.2, 0.25) is 0 Å². The van der Waals surface area contributed by atoms with Crippen molar-refractivity contribution in [3.63, 3.8) is 0 Å². The molecular formula is C28H33N3O9. The van der Waals surface area contributed by atoms with Crippen LogP contribution in [0.15, 0.2) is 30.4 Å². The molecule has 214 valence electrons. The number of carbonyl (C=O) groups is 5. The minimum atomic E-state index is -1.07. The number of nitrogens with one attached hydrogen (secondary N) is 2. The summed E-state index contributed by atoms with van der Waals surface area (Å²) in [5, 5.41) is 4.73. The molecule has 2 unspecified atom stereocenters. The lowest BCUT2D eigenvalue weighted by molar-refractivity contribution is -0.141. The van der Waals surface area contributed by atoms with Crippen LogP contribution in [0.1, 0.15) is 41.3 Å². The molecule has 2 heterocycles. The maximum absolute atomic E-state index is 13.7. The second-order valence-electron chi connectivity index (χ2n) is 9.55. The van der Waals surface area contributed by atoms with E-state index in [1.165, 1.54) is 0 Å². The zero-order valence-corrected chi connectivity index (χ0v) is 22.3. The van der Waals surface area contributed by atoms with Crippen LogP contribution in [0.3, 0.4) is 0 Å². The molecular weight excluding hydrogens is 522 g/mol. The second kappa shape index (κ2) is 13.6. The Morgan fingerprint density at radius 2 is 1.70 bits per heavy atom. The van der Waals surface area contributed by atoms with Crippen LogP contribution in [-0.2, 0) is 38.1 Å². The highest BCUT2D eigenvalue weighted by molar-refractivity contribution is 6.33. The largest absolute Gasteiger partial charge is 0.377 e. The molecule has 40 heavy (non-hydrogen) atoms. The summed E-state index contributed by atoms with van der Waals surface area (Å²) >= 11 is 0. The van der Waals surface area contributed by atoms with Crippen molar-refractivity contribution in [1.29, 1.82) is 0 Å². The van der Waals surface area contributed by atoms with E-state index < -0.39 is 35.3 Å². The van der Waals surface area contributed by atoms with Gasteiger partial charge in [-0.3, -0.25) is 34.2 Å². The summed E-state index contributed by atoms with van der Waals surface area (Å²) in [5.74, 6) is -2.26. The quantitative estimate of drug-likeness (QED) is 0.179. The molecule has 0 saturated carbocycles. The van der Waals surface area contributed by atoms with Crippen molar-refractivity contribution in [3.8, 4) is 0 Å². The maximum atomic E-state index is 13.7. The zero-order chi connectivity index (χ0) is 28.5. The molecule has 2 aliphatic heterocycles. The van der Waals surface area contributed by atoms with Crippen LogP contribution in [0.5, 0.6) is 0 Å². The van der Waals surface area contributed by atoms with Gasteiger partial charge in [-0.05, 0) is 37.1 Å². The van der Waals surface area contributed by atoms with E-state index in [2.05, 4.69) is 10.6 Å². The number of benzene rings is 1. The number of nitrogens with zero attached hydrogens (tertiary/aromatic N) is 1. The molecule has 2 atom stereocenters. The van der Waals surface area contributed by atoms with Crippen LogP contribution in [-0.4, -0.2) is 99.4 Å². The van der Waals surface area contributed by atoms with Crippen LogP contribution in [0.25, 0.3) is 11.6 Å². The lowest BCUT2D eigenvalue weighted by Crippen LogP contribution is -2.57. The monoisotopic (exact) mass is 555 g/mol. The van der Waals surface area contributed by atoms with Gasteiger partial charge in [0.2, 0.25) is 18.2 Å². The van der Waals surface area contributed by atoms with E-state index in [9.17, 15) is 24.0 Å². The lowest BCUT2D eigenvalue weighted by atomic mass is 9.87. The number of ether oxygens (including phenoxy) is 4. The first-order valence-corrected chi connectivity index (χ1v) is 13.2. The molecule has 5 amide bonds. The molecule has 12 heteroatoms. The van der Waals surface area contributed by atoms with Gasteiger partial charge in [-0.25, -0.2) is 0 Å². The third kappa shape index (κ3) is 6.89. The van der Waals surface area contributed by atoms with E-state index in [1.807, 2.05) is 18.2 Å². The number of amides is 5. The van der Waals surface area contributed by atoms with Gasteiger partial charge in [0.15, 0.2) is 0 Å². The first-order valence-electron chi connectivity index (χ1n) is 13.2. The Morgan fingerprint density at radius 1 is 1.00 bits per heavy atom. The molecule has 1 fully saturated rings. The van der Waals surface area contributed by atoms with Gasteiger partial charge >= 0.3 is 0 Å². The van der Waals surface area contributed by atoms with Crippen molar-refractivity contribution in [1.82, 2.24) is 15.5 Å². The smallest absolute Gasteiger partial charge is 0.262 e. The fourth-order valence-corrected chi connectivity index (χ4v) is 4.72. The van der Waals surface area contributed by atoms with Crippen LogP contribution < -0.4 is 10.6 Å². The molecule has 0 spiro atoms. The summed E-state index contributed by atoms with van der Waals surface area (Å²) in [7, 11) is 0. The Kier molecular flexibility index (Phi) is 9.93. The van der Waals surface area contributed by atoms with Crippen molar-refractivity contribution in [2.75, 3.05) is 52.8 Å². The van der Waals surface area contributed by atoms with Gasteiger partial charge in [0.25, 0.3) is 11.8 Å². The van der Waals surface area contributed by atoms with E-state index in [-0.39, 0.29) is 31.6 Å². The van der Waals surface area contributed by atoms with Gasteiger partial charge in [-0.1, -0.05) is 18.2 Å². The van der Waals surface area contributed by atoms with E-state index in [0.29, 0.717) is 62.7 Å². The summed E-state index contributed by atoms with van der Waals surface area (Å²) in [6, 6.07) is 4.10. The highest BCUT2D eigenvalue weighted by Gasteiger charge is 2.45. The maximum Gasteiger partial charge on any atom is 0.262 e. The summed E-state index contributed by atoms with van der Waals surface area (Å²) < 4.78 is 22.4. The van der Waals surface area contributed by atoms with Gasteiger partial charge < -0.3 is 24.3 Å². The number of hydrogen-bond acceptors (Lipinski definition) is 9. The molecule has 2 N–H and O–H groups in total. The Balaban J connectivity index is 1.34. The standard InChI is InChI=1S/C28H33N3O9/c1-28(40-16-15-39-14-13-38-12-11-37-10-9-29-18-32)8-7-19-3-2-4-20-24(19)21(17-28)27(36)31(26(20)35)22-5-6-23(33)30-25(22)34/h2-4,7-8,17-18,22H,5-6,9-16H2,1H3,(H,29,32)(H,30,33,34). The van der Waals surface area contributed by atoms with Crippen molar-refractivity contribution in [2.45, 2.75) is 31.4 Å². The predicted molar refractivity (Wildman–Crippen MR) is 142 cm³/mol. The molecule has 4 rings (SSSR count). The zero-order valence-electron chi connectivity index (χ0n) is 22.3. The number of imide groups is 2. The fourth-order valence-electron chi connectivity index (χ4n) is 4.72. The first kappa shape index (κ1) is 29.3. The molecule has 0 aromatic heterocycles. The Bertz CT molecular complexity index is 1210. The predicted octanol–water partition coefficient (Wildman–Crippen LogP) is 0.456. The topological polar surface area (TPSA) is 150 Å². The molecule has 1 aromatic rings. The van der Waals surface area contributed by atoms with Gasteiger partial charge in [-0.2, -0.15) is 0 Å². The van der Waals surface area contributed by atoms with Gasteiger partial charge in [0.05, 0.1) is 46.2 Å². The number of hydrogen-bond donors (Lipinski definition) is 2. The van der Waals surface area contributed by atoms with Gasteiger partial charge in [0.1, 0.15) is 11.6 Å². The molecule has 1 saturated heterocycles. The average molecular weight is 556 g/mol. The SMILES string of the molecule is CC1(OCCOCCOCCOCCNC=O)C=Cc2cccc3c2C(=C1)C(=O)N(C1CCC(=O)NC1=O)C3=O. The molecule has 0 radical (unpaired) electrons. The van der Waals surface area contributed by atoms with Crippen molar-refractivity contribution in [2.24, 2.45) is 0 Å². The number of rotatable bonds is 15. The summed E-state index contributed by atoms with van der Waals surface area (Å²) in [5.41, 5.74) is 0.780. The van der Waals surface area contributed by atoms with Crippen molar-refractivity contribution in [3.05, 3.63) is 47.0 Å². The van der Waals surface area contributed by atoms with E-state index >= 15 is 0 Å². The van der Waals surface area contributed by atoms with Crippen LogP contribution in [0, 0.1) is 0 Å². The second-order valence-corrected chi connectivity index (χ2v) is 9.55. The van der Waals surface area contributed by atoms with E-state index in [4.69, 9.17) is 18.9 Å². The molecule has 1 aliphatic carbocycles. The lowest BCUT2D eigenvalue weighted by Gasteiger charge is -2.36.